The quantitative estimate of drug-likeness (QED) is 0.579. The highest BCUT2D eigenvalue weighted by molar-refractivity contribution is 6.30. The van der Waals surface area contributed by atoms with E-state index in [0.717, 1.165) is 29.8 Å². The van der Waals surface area contributed by atoms with E-state index in [1.54, 1.807) is 6.92 Å². The Hall–Kier alpha value is -1.39. The number of Topliss-reactive ketones (excluding diaryl/α,β-unsaturated/α-hetero) is 1. The molecule has 3 saturated carbocycles. The number of carbonyl (C=O) groups excluding carboxylic acids is 2. The van der Waals surface area contributed by atoms with Gasteiger partial charge in [0.25, 0.3) is 0 Å². The third kappa shape index (κ3) is 3.22. The van der Waals surface area contributed by atoms with Crippen LogP contribution in [-0.4, -0.2) is 30.6 Å². The van der Waals surface area contributed by atoms with Crippen LogP contribution in [0.3, 0.4) is 0 Å². The van der Waals surface area contributed by atoms with Crippen LogP contribution in [0.1, 0.15) is 44.6 Å². The molecule has 24 heavy (non-hydrogen) atoms. The van der Waals surface area contributed by atoms with Gasteiger partial charge in [0.15, 0.2) is 5.78 Å². The fourth-order valence-electron chi connectivity index (χ4n) is 3.87. The number of benzene rings is 1. The number of fused-ring (bicyclic) bond motifs is 3. The minimum Gasteiger partial charge on any atom is -0.465 e. The molecular formula is C19H23ClO4. The van der Waals surface area contributed by atoms with Crippen molar-refractivity contribution < 1.29 is 19.1 Å². The fraction of sp³-hybridized carbons (Fsp3) is 0.579. The summed E-state index contributed by atoms with van der Waals surface area (Å²) in [7, 11) is 0. The molecule has 4 rings (SSSR count). The van der Waals surface area contributed by atoms with E-state index < -0.39 is 11.0 Å². The van der Waals surface area contributed by atoms with Gasteiger partial charge in [-0.1, -0.05) is 23.7 Å². The van der Waals surface area contributed by atoms with Crippen LogP contribution >= 0.6 is 11.6 Å². The summed E-state index contributed by atoms with van der Waals surface area (Å²) in [5.74, 6) is -0.352. The van der Waals surface area contributed by atoms with Gasteiger partial charge in [-0.25, -0.2) is 0 Å². The summed E-state index contributed by atoms with van der Waals surface area (Å²) in [6.07, 6.45) is 3.70. The lowest BCUT2D eigenvalue weighted by Gasteiger charge is -2.50. The highest BCUT2D eigenvalue weighted by atomic mass is 35.5. The van der Waals surface area contributed by atoms with Gasteiger partial charge >= 0.3 is 5.97 Å². The minimum atomic E-state index is -0.905. The molecule has 0 saturated heterocycles. The van der Waals surface area contributed by atoms with E-state index in [4.69, 9.17) is 21.1 Å². The Kier molecular flexibility index (Phi) is 4.97. The largest absolute Gasteiger partial charge is 0.465 e. The number of hydrogen-bond acceptors (Lipinski definition) is 4. The van der Waals surface area contributed by atoms with Crippen LogP contribution in [0.5, 0.6) is 0 Å². The van der Waals surface area contributed by atoms with Crippen molar-refractivity contribution in [1.29, 1.82) is 0 Å². The van der Waals surface area contributed by atoms with Crippen LogP contribution in [-0.2, 0) is 25.5 Å². The van der Waals surface area contributed by atoms with Gasteiger partial charge < -0.3 is 9.47 Å². The Morgan fingerprint density at radius 3 is 2.42 bits per heavy atom. The molecule has 0 aliphatic heterocycles. The van der Waals surface area contributed by atoms with Crippen LogP contribution in [0.15, 0.2) is 24.3 Å². The Bertz CT molecular complexity index is 615. The first-order valence-corrected chi connectivity index (χ1v) is 8.96. The van der Waals surface area contributed by atoms with Crippen molar-refractivity contribution in [1.82, 2.24) is 0 Å². The SMILES string of the molecule is CCOC(=O)C12CCC(OCCc3ccc(Cl)cc3)(CC1)CC2=O. The first-order valence-electron chi connectivity index (χ1n) is 8.59. The molecule has 0 aromatic heterocycles. The lowest BCUT2D eigenvalue weighted by Crippen LogP contribution is -2.57. The van der Waals surface area contributed by atoms with E-state index >= 15 is 0 Å². The molecule has 1 aromatic carbocycles. The molecule has 3 aliphatic carbocycles. The van der Waals surface area contributed by atoms with Crippen LogP contribution in [0, 0.1) is 5.41 Å². The molecule has 130 valence electrons. The molecule has 0 unspecified atom stereocenters. The van der Waals surface area contributed by atoms with Crippen molar-refractivity contribution in [3.8, 4) is 0 Å². The van der Waals surface area contributed by atoms with Crippen LogP contribution in [0.2, 0.25) is 5.02 Å². The van der Waals surface area contributed by atoms with Crippen molar-refractivity contribution in [3.63, 3.8) is 0 Å². The monoisotopic (exact) mass is 350 g/mol. The molecule has 4 nitrogen and oxygen atoms in total. The van der Waals surface area contributed by atoms with Gasteiger partial charge in [0, 0.05) is 11.4 Å². The van der Waals surface area contributed by atoms with E-state index in [1.807, 2.05) is 24.3 Å². The summed E-state index contributed by atoms with van der Waals surface area (Å²) in [4.78, 5) is 24.8. The molecule has 3 fully saturated rings. The molecule has 0 atom stereocenters. The lowest BCUT2D eigenvalue weighted by molar-refractivity contribution is -0.182. The van der Waals surface area contributed by atoms with Crippen molar-refractivity contribution >= 4 is 23.4 Å². The van der Waals surface area contributed by atoms with E-state index in [1.165, 1.54) is 0 Å². The Morgan fingerprint density at radius 2 is 1.83 bits per heavy atom. The Balaban J connectivity index is 1.58. The lowest BCUT2D eigenvalue weighted by atomic mass is 9.57. The number of ketones is 1. The average Bonchev–Trinajstić information content (AvgIpc) is 2.58. The zero-order chi connectivity index (χ0) is 17.2. The topological polar surface area (TPSA) is 52.6 Å². The smallest absolute Gasteiger partial charge is 0.319 e. The molecule has 0 amide bonds. The van der Waals surface area contributed by atoms with Gasteiger partial charge in [0.05, 0.1) is 18.8 Å². The predicted octanol–water partition coefficient (Wildman–Crippen LogP) is 3.73. The Morgan fingerprint density at radius 1 is 1.17 bits per heavy atom. The summed E-state index contributed by atoms with van der Waals surface area (Å²) < 4.78 is 11.3. The molecule has 5 heteroatoms. The molecule has 0 N–H and O–H groups in total. The standard InChI is InChI=1S/C19H23ClO4/c1-2-23-17(22)19-10-8-18(9-11-19,13-16(19)21)24-12-7-14-3-5-15(20)6-4-14/h3-6H,2,7-13H2,1H3. The molecule has 0 heterocycles. The highest BCUT2D eigenvalue weighted by Gasteiger charge is 2.59. The second kappa shape index (κ2) is 6.85. The fourth-order valence-corrected chi connectivity index (χ4v) is 3.99. The first-order chi connectivity index (χ1) is 11.5. The van der Waals surface area contributed by atoms with Gasteiger partial charge in [0.2, 0.25) is 0 Å². The van der Waals surface area contributed by atoms with Gasteiger partial charge in [-0.3, -0.25) is 9.59 Å². The zero-order valence-corrected chi connectivity index (χ0v) is 14.7. The maximum Gasteiger partial charge on any atom is 0.319 e. The van der Waals surface area contributed by atoms with E-state index in [-0.39, 0.29) is 11.8 Å². The minimum absolute atomic E-state index is 0.00931. The van der Waals surface area contributed by atoms with Crippen molar-refractivity contribution in [2.75, 3.05) is 13.2 Å². The average molecular weight is 351 g/mol. The second-order valence-corrected chi connectivity index (χ2v) is 7.25. The van der Waals surface area contributed by atoms with E-state index in [9.17, 15) is 9.59 Å². The van der Waals surface area contributed by atoms with Gasteiger partial charge in [-0.15, -0.1) is 0 Å². The number of carbonyl (C=O) groups is 2. The maximum atomic E-state index is 12.6. The summed E-state index contributed by atoms with van der Waals surface area (Å²) >= 11 is 5.89. The van der Waals surface area contributed by atoms with Crippen molar-refractivity contribution in [2.24, 2.45) is 5.41 Å². The maximum absolute atomic E-state index is 12.6. The van der Waals surface area contributed by atoms with Crippen LogP contribution in [0.25, 0.3) is 0 Å². The van der Waals surface area contributed by atoms with Crippen LogP contribution < -0.4 is 0 Å². The number of esters is 1. The molecular weight excluding hydrogens is 328 g/mol. The Labute approximate surface area is 147 Å². The summed E-state index contributed by atoms with van der Waals surface area (Å²) in [6.45, 7) is 2.66. The second-order valence-electron chi connectivity index (χ2n) is 6.81. The third-order valence-electron chi connectivity index (χ3n) is 5.41. The molecule has 1 aromatic rings. The van der Waals surface area contributed by atoms with Gasteiger partial charge in [-0.2, -0.15) is 0 Å². The summed E-state index contributed by atoms with van der Waals surface area (Å²) in [5.41, 5.74) is -0.135. The number of ether oxygens (including phenoxy) is 2. The molecule has 0 spiro atoms. The molecule has 0 radical (unpaired) electrons. The zero-order valence-electron chi connectivity index (χ0n) is 14.0. The number of hydrogen-bond donors (Lipinski definition) is 0. The van der Waals surface area contributed by atoms with Crippen molar-refractivity contribution in [2.45, 2.75) is 51.0 Å². The first kappa shape index (κ1) is 17.4. The van der Waals surface area contributed by atoms with Crippen molar-refractivity contribution in [3.05, 3.63) is 34.9 Å². The molecule has 3 aliphatic rings. The van der Waals surface area contributed by atoms with E-state index in [2.05, 4.69) is 0 Å². The summed E-state index contributed by atoms with van der Waals surface area (Å²) in [5, 5.41) is 0.721. The normalized spacial score (nSPS) is 28.8. The van der Waals surface area contributed by atoms with Crippen LogP contribution in [0.4, 0.5) is 0 Å². The summed E-state index contributed by atoms with van der Waals surface area (Å²) in [6, 6.07) is 7.71. The third-order valence-corrected chi connectivity index (χ3v) is 5.66. The van der Waals surface area contributed by atoms with Gasteiger partial charge in [-0.05, 0) is 56.7 Å². The predicted molar refractivity (Wildman–Crippen MR) is 91.0 cm³/mol. The number of halogens is 1. The van der Waals surface area contributed by atoms with E-state index in [0.29, 0.717) is 32.5 Å². The molecule has 2 bridgehead atoms. The highest BCUT2D eigenvalue weighted by Crippen LogP contribution is 2.52. The number of rotatable bonds is 6. The van der Waals surface area contributed by atoms with Gasteiger partial charge in [0.1, 0.15) is 5.41 Å².